The van der Waals surface area contributed by atoms with Crippen molar-refractivity contribution in [3.63, 3.8) is 0 Å². The second-order valence-electron chi connectivity index (χ2n) is 7.67. The lowest BCUT2D eigenvalue weighted by Crippen LogP contribution is -2.33. The number of likely N-dealkylation sites (tertiary alicyclic amines) is 1. The topological polar surface area (TPSA) is 98.0 Å². The summed E-state index contributed by atoms with van der Waals surface area (Å²) in [4.78, 5) is 55.8. The first-order valence-electron chi connectivity index (χ1n) is 10.1. The molecule has 1 aliphatic carbocycles. The van der Waals surface area contributed by atoms with Crippen molar-refractivity contribution < 1.29 is 19.1 Å². The summed E-state index contributed by atoms with van der Waals surface area (Å²) < 4.78 is 7.72. The number of ether oxygens (including phenoxy) is 1. The molecule has 0 unspecified atom stereocenters. The van der Waals surface area contributed by atoms with Crippen LogP contribution < -0.4 is 5.56 Å². The minimum atomic E-state index is -0.549. The molecule has 1 saturated heterocycles. The van der Waals surface area contributed by atoms with Crippen molar-refractivity contribution >= 4 is 44.3 Å². The van der Waals surface area contributed by atoms with Crippen LogP contribution in [0.25, 0.3) is 15.2 Å². The highest BCUT2D eigenvalue weighted by Gasteiger charge is 2.46. The van der Waals surface area contributed by atoms with Gasteiger partial charge in [-0.2, -0.15) is 0 Å². The number of allylic oxidation sites excluding steroid dienone is 2. The maximum absolute atomic E-state index is 12.5. The van der Waals surface area contributed by atoms with E-state index in [4.69, 9.17) is 4.74 Å². The highest BCUT2D eigenvalue weighted by atomic mass is 32.1. The van der Waals surface area contributed by atoms with Crippen LogP contribution in [0.4, 0.5) is 0 Å². The number of hydrogen-bond donors (Lipinski definition) is 0. The number of rotatable bonds is 5. The van der Waals surface area contributed by atoms with E-state index in [0.717, 1.165) is 10.2 Å². The summed E-state index contributed by atoms with van der Waals surface area (Å²) in [7, 11) is 0. The molecule has 0 bridgehead atoms. The Hall–Kier alpha value is -3.33. The molecule has 9 heteroatoms. The van der Waals surface area contributed by atoms with Crippen LogP contribution >= 0.6 is 11.3 Å². The zero-order valence-electron chi connectivity index (χ0n) is 16.5. The highest BCUT2D eigenvalue weighted by molar-refractivity contribution is 7.23. The van der Waals surface area contributed by atoms with E-state index in [0.29, 0.717) is 23.5 Å². The van der Waals surface area contributed by atoms with E-state index in [9.17, 15) is 19.2 Å². The van der Waals surface area contributed by atoms with Crippen molar-refractivity contribution in [1.82, 2.24) is 14.3 Å². The van der Waals surface area contributed by atoms with Crippen LogP contribution in [-0.2, 0) is 25.7 Å². The quantitative estimate of drug-likeness (QED) is 0.345. The SMILES string of the molecule is O=C(CCN1C(=O)[C@H]2CC=CC[C@@H]2C1=O)OCc1cc(=O)n2c(n1)sc1ccccc12. The molecule has 1 fully saturated rings. The normalized spacial score (nSPS) is 20.6. The maximum atomic E-state index is 12.5. The predicted octanol–water partition coefficient (Wildman–Crippen LogP) is 2.29. The first-order valence-corrected chi connectivity index (χ1v) is 10.9. The summed E-state index contributed by atoms with van der Waals surface area (Å²) >= 11 is 1.39. The minimum Gasteiger partial charge on any atom is -0.459 e. The molecule has 3 heterocycles. The first-order chi connectivity index (χ1) is 15.0. The Kier molecular flexibility index (Phi) is 4.90. The molecule has 1 aliphatic heterocycles. The van der Waals surface area contributed by atoms with Gasteiger partial charge in [0.05, 0.1) is 34.2 Å². The molecule has 2 amide bonds. The monoisotopic (exact) mass is 437 g/mol. The molecular weight excluding hydrogens is 418 g/mol. The second kappa shape index (κ2) is 7.73. The van der Waals surface area contributed by atoms with Crippen molar-refractivity contribution in [2.24, 2.45) is 11.8 Å². The summed E-state index contributed by atoms with van der Waals surface area (Å²) in [5.41, 5.74) is 0.910. The predicted molar refractivity (Wildman–Crippen MR) is 113 cm³/mol. The molecule has 1 aromatic carbocycles. The van der Waals surface area contributed by atoms with Crippen LogP contribution in [0.2, 0.25) is 0 Å². The van der Waals surface area contributed by atoms with Crippen LogP contribution in [0.5, 0.6) is 0 Å². The number of nitrogens with zero attached hydrogens (tertiary/aromatic N) is 3. The fourth-order valence-electron chi connectivity index (χ4n) is 4.22. The number of para-hydroxylation sites is 1. The number of fused-ring (bicyclic) bond motifs is 4. The molecule has 5 rings (SSSR count). The fraction of sp³-hybridized carbons (Fsp3) is 0.318. The third kappa shape index (κ3) is 3.44. The Balaban J connectivity index is 1.22. The second-order valence-corrected chi connectivity index (χ2v) is 8.68. The first kappa shape index (κ1) is 19.6. The van der Waals surface area contributed by atoms with Gasteiger partial charge in [-0.15, -0.1) is 0 Å². The Labute approximate surface area is 180 Å². The zero-order chi connectivity index (χ0) is 21.5. The van der Waals surface area contributed by atoms with E-state index in [1.54, 1.807) is 0 Å². The summed E-state index contributed by atoms with van der Waals surface area (Å²) in [5, 5.41) is 0. The van der Waals surface area contributed by atoms with E-state index in [1.165, 1.54) is 26.7 Å². The molecule has 2 aromatic heterocycles. The standard InChI is InChI=1S/C22H19N3O5S/c26-18-11-13(23-22-25(18)16-7-3-4-8-17(16)31-22)12-30-19(27)9-10-24-20(28)14-5-1-2-6-15(14)21(24)29/h1-4,7-8,11,14-15H,5-6,9-10,12H2/t14-,15-/m0/s1. The number of imide groups is 1. The number of esters is 1. The van der Waals surface area contributed by atoms with Gasteiger partial charge in [-0.3, -0.25) is 28.5 Å². The van der Waals surface area contributed by atoms with Crippen molar-refractivity contribution in [3.05, 3.63) is 58.5 Å². The molecule has 0 N–H and O–H groups in total. The van der Waals surface area contributed by atoms with Gasteiger partial charge in [0.25, 0.3) is 5.56 Å². The Bertz CT molecular complexity index is 1280. The van der Waals surface area contributed by atoms with Crippen LogP contribution in [0.15, 0.2) is 47.3 Å². The number of carbonyl (C=O) groups excluding carboxylic acids is 3. The van der Waals surface area contributed by atoms with Gasteiger partial charge in [0.15, 0.2) is 4.96 Å². The third-order valence-corrected chi connectivity index (χ3v) is 6.79. The van der Waals surface area contributed by atoms with Crippen molar-refractivity contribution in [2.75, 3.05) is 6.54 Å². The molecule has 8 nitrogen and oxygen atoms in total. The Morgan fingerprint density at radius 3 is 2.55 bits per heavy atom. The van der Waals surface area contributed by atoms with Gasteiger partial charge in [0.2, 0.25) is 11.8 Å². The van der Waals surface area contributed by atoms with Gasteiger partial charge >= 0.3 is 5.97 Å². The molecule has 0 spiro atoms. The van der Waals surface area contributed by atoms with Crippen molar-refractivity contribution in [3.8, 4) is 0 Å². The summed E-state index contributed by atoms with van der Waals surface area (Å²) in [6.07, 6.45) is 4.89. The lowest BCUT2D eigenvalue weighted by atomic mass is 9.85. The van der Waals surface area contributed by atoms with Gasteiger partial charge in [-0.05, 0) is 25.0 Å². The lowest BCUT2D eigenvalue weighted by Gasteiger charge is -2.14. The number of carbonyl (C=O) groups is 3. The van der Waals surface area contributed by atoms with Gasteiger partial charge < -0.3 is 4.74 Å². The van der Waals surface area contributed by atoms with E-state index < -0.39 is 5.97 Å². The molecule has 158 valence electrons. The Morgan fingerprint density at radius 2 is 1.81 bits per heavy atom. The van der Waals surface area contributed by atoms with Gasteiger partial charge in [0.1, 0.15) is 6.61 Å². The summed E-state index contributed by atoms with van der Waals surface area (Å²) in [6, 6.07) is 8.88. The highest BCUT2D eigenvalue weighted by Crippen LogP contribution is 2.35. The number of aromatic nitrogens is 2. The van der Waals surface area contributed by atoms with Crippen LogP contribution in [-0.4, -0.2) is 38.6 Å². The van der Waals surface area contributed by atoms with E-state index >= 15 is 0 Å². The third-order valence-electron chi connectivity index (χ3n) is 5.77. The van der Waals surface area contributed by atoms with Crippen LogP contribution in [0, 0.1) is 11.8 Å². The Morgan fingerprint density at radius 1 is 1.10 bits per heavy atom. The average molecular weight is 437 g/mol. The molecule has 2 aliphatic rings. The van der Waals surface area contributed by atoms with Crippen LogP contribution in [0.1, 0.15) is 25.0 Å². The number of amides is 2. The minimum absolute atomic E-state index is 0.00886. The summed E-state index contributed by atoms with van der Waals surface area (Å²) in [5.74, 6) is -1.58. The van der Waals surface area contributed by atoms with E-state index in [-0.39, 0.29) is 48.8 Å². The maximum Gasteiger partial charge on any atom is 0.307 e. The largest absolute Gasteiger partial charge is 0.459 e. The number of hydrogen-bond acceptors (Lipinski definition) is 7. The molecular formula is C22H19N3O5S. The molecule has 2 atom stereocenters. The van der Waals surface area contributed by atoms with Gasteiger partial charge in [0, 0.05) is 12.6 Å². The number of benzene rings is 1. The smallest absolute Gasteiger partial charge is 0.307 e. The van der Waals surface area contributed by atoms with E-state index in [1.807, 2.05) is 36.4 Å². The van der Waals surface area contributed by atoms with Gasteiger partial charge in [-0.25, -0.2) is 4.98 Å². The fourth-order valence-corrected chi connectivity index (χ4v) is 5.27. The van der Waals surface area contributed by atoms with E-state index in [2.05, 4.69) is 4.98 Å². The lowest BCUT2D eigenvalue weighted by molar-refractivity contribution is -0.146. The number of thiazole rings is 1. The van der Waals surface area contributed by atoms with Crippen molar-refractivity contribution in [2.45, 2.75) is 25.9 Å². The van der Waals surface area contributed by atoms with Gasteiger partial charge in [-0.1, -0.05) is 35.6 Å². The summed E-state index contributed by atoms with van der Waals surface area (Å²) in [6.45, 7) is -0.134. The molecule has 0 radical (unpaired) electrons. The average Bonchev–Trinajstić information content (AvgIpc) is 3.26. The molecule has 31 heavy (non-hydrogen) atoms. The zero-order valence-corrected chi connectivity index (χ0v) is 17.3. The molecule has 3 aromatic rings. The van der Waals surface area contributed by atoms with Crippen molar-refractivity contribution in [1.29, 1.82) is 0 Å². The van der Waals surface area contributed by atoms with Crippen LogP contribution in [0.3, 0.4) is 0 Å². The molecule has 0 saturated carbocycles.